The zero-order valence-corrected chi connectivity index (χ0v) is 9.19. The Morgan fingerprint density at radius 1 is 1.27 bits per heavy atom. The predicted octanol–water partition coefficient (Wildman–Crippen LogP) is 0.644. The maximum Gasteiger partial charge on any atom is 0.305 e. The zero-order chi connectivity index (χ0) is 11.7. The Hall–Kier alpha value is -1.10. The first-order chi connectivity index (χ1) is 7.06. The topological polar surface area (TPSA) is 72.8 Å². The first kappa shape index (κ1) is 13.9. The molecule has 0 aromatic heterocycles. The van der Waals surface area contributed by atoms with Crippen molar-refractivity contribution < 1.29 is 24.2 Å². The summed E-state index contributed by atoms with van der Waals surface area (Å²) in [6.07, 6.45) is 1.11. The molecule has 0 heterocycles. The highest BCUT2D eigenvalue weighted by Crippen LogP contribution is 1.97. The van der Waals surface area contributed by atoms with Crippen LogP contribution in [0.3, 0.4) is 0 Å². The van der Waals surface area contributed by atoms with Gasteiger partial charge in [0.2, 0.25) is 0 Å². The molecule has 0 bridgehead atoms. The van der Waals surface area contributed by atoms with Crippen LogP contribution in [0.5, 0.6) is 0 Å². The molecule has 0 aromatic carbocycles. The number of esters is 2. The molecule has 1 N–H and O–H groups in total. The minimum absolute atomic E-state index is 0.129. The third-order valence-corrected chi connectivity index (χ3v) is 1.65. The fourth-order valence-electron chi connectivity index (χ4n) is 0.844. The van der Waals surface area contributed by atoms with Crippen molar-refractivity contribution in [1.82, 2.24) is 0 Å². The second-order valence-electron chi connectivity index (χ2n) is 3.24. The number of carbonyl (C=O) groups is 2. The Balaban J connectivity index is 3.48. The van der Waals surface area contributed by atoms with Crippen molar-refractivity contribution in [1.29, 1.82) is 0 Å². The molecule has 0 aliphatic carbocycles. The van der Waals surface area contributed by atoms with Gasteiger partial charge in [-0.1, -0.05) is 13.3 Å². The molecular weight excluding hydrogens is 200 g/mol. The molecule has 0 fully saturated rings. The summed E-state index contributed by atoms with van der Waals surface area (Å²) in [5.41, 5.74) is 0. The number of unbranched alkanes of at least 4 members (excludes halogenated alkanes) is 1. The second kappa shape index (κ2) is 8.23. The van der Waals surface area contributed by atoms with Crippen molar-refractivity contribution in [3.05, 3.63) is 0 Å². The van der Waals surface area contributed by atoms with Gasteiger partial charge in [-0.05, 0) is 6.42 Å². The van der Waals surface area contributed by atoms with Crippen molar-refractivity contribution in [2.24, 2.45) is 0 Å². The predicted molar refractivity (Wildman–Crippen MR) is 53.1 cm³/mol. The summed E-state index contributed by atoms with van der Waals surface area (Å²) in [7, 11) is 0. The Morgan fingerprint density at radius 3 is 2.40 bits per heavy atom. The third kappa shape index (κ3) is 9.21. The van der Waals surface area contributed by atoms with Gasteiger partial charge in [0, 0.05) is 13.3 Å². The molecule has 5 heteroatoms. The van der Waals surface area contributed by atoms with Crippen LogP contribution in [0.15, 0.2) is 0 Å². The molecule has 0 aliphatic heterocycles. The van der Waals surface area contributed by atoms with Crippen LogP contribution >= 0.6 is 0 Å². The number of rotatable bonds is 7. The molecule has 0 saturated heterocycles. The van der Waals surface area contributed by atoms with E-state index in [0.29, 0.717) is 6.42 Å². The number of aliphatic hydroxyl groups excluding tert-OH is 1. The van der Waals surface area contributed by atoms with Crippen LogP contribution in [0.2, 0.25) is 0 Å². The van der Waals surface area contributed by atoms with Crippen molar-refractivity contribution in [3.63, 3.8) is 0 Å². The number of carbonyl (C=O) groups excluding carboxylic acids is 2. The average Bonchev–Trinajstić information content (AvgIpc) is 2.20. The van der Waals surface area contributed by atoms with E-state index >= 15 is 0 Å². The molecule has 15 heavy (non-hydrogen) atoms. The lowest BCUT2D eigenvalue weighted by molar-refractivity contribution is -0.151. The molecule has 0 spiro atoms. The first-order valence-corrected chi connectivity index (χ1v) is 5.03. The average molecular weight is 218 g/mol. The van der Waals surface area contributed by atoms with Gasteiger partial charge in [-0.3, -0.25) is 9.59 Å². The summed E-state index contributed by atoms with van der Waals surface area (Å²) >= 11 is 0. The van der Waals surface area contributed by atoms with Crippen molar-refractivity contribution >= 4 is 11.9 Å². The van der Waals surface area contributed by atoms with E-state index < -0.39 is 12.1 Å². The normalized spacial score (nSPS) is 11.9. The van der Waals surface area contributed by atoms with Crippen LogP contribution in [0.1, 0.15) is 33.1 Å². The van der Waals surface area contributed by atoms with Crippen LogP contribution in [-0.4, -0.2) is 36.4 Å². The zero-order valence-electron chi connectivity index (χ0n) is 9.19. The minimum Gasteiger partial charge on any atom is -0.463 e. The van der Waals surface area contributed by atoms with E-state index in [0.717, 1.165) is 12.8 Å². The van der Waals surface area contributed by atoms with Gasteiger partial charge >= 0.3 is 11.9 Å². The fourth-order valence-corrected chi connectivity index (χ4v) is 0.844. The molecule has 1 atom stereocenters. The Bertz CT molecular complexity index is 202. The second-order valence-corrected chi connectivity index (χ2v) is 3.24. The standard InChI is InChI=1S/C10H18O5/c1-3-4-5-10(13)15-7-9(12)6-14-8(2)11/h9,12H,3-7H2,1-2H3. The maximum absolute atomic E-state index is 11.0. The van der Waals surface area contributed by atoms with Gasteiger partial charge in [-0.15, -0.1) is 0 Å². The monoisotopic (exact) mass is 218 g/mol. The van der Waals surface area contributed by atoms with Gasteiger partial charge in [0.25, 0.3) is 0 Å². The van der Waals surface area contributed by atoms with Crippen LogP contribution in [0.4, 0.5) is 0 Å². The molecule has 0 rings (SSSR count). The molecule has 0 saturated carbocycles. The first-order valence-electron chi connectivity index (χ1n) is 5.03. The molecule has 0 aliphatic rings. The van der Waals surface area contributed by atoms with Gasteiger partial charge in [0.1, 0.15) is 19.3 Å². The minimum atomic E-state index is -0.945. The lowest BCUT2D eigenvalue weighted by Gasteiger charge is -2.10. The number of ether oxygens (including phenoxy) is 2. The smallest absolute Gasteiger partial charge is 0.305 e. The van der Waals surface area contributed by atoms with Crippen molar-refractivity contribution in [2.75, 3.05) is 13.2 Å². The lowest BCUT2D eigenvalue weighted by Crippen LogP contribution is -2.24. The van der Waals surface area contributed by atoms with Crippen molar-refractivity contribution in [3.8, 4) is 0 Å². The van der Waals surface area contributed by atoms with E-state index in [1.165, 1.54) is 6.92 Å². The highest BCUT2D eigenvalue weighted by atomic mass is 16.6. The van der Waals surface area contributed by atoms with Gasteiger partial charge in [0.15, 0.2) is 0 Å². The van der Waals surface area contributed by atoms with Crippen LogP contribution in [-0.2, 0) is 19.1 Å². The molecule has 88 valence electrons. The van der Waals surface area contributed by atoms with E-state index in [9.17, 15) is 14.7 Å². The SMILES string of the molecule is CCCCC(=O)OCC(O)COC(C)=O. The van der Waals surface area contributed by atoms with Crippen LogP contribution in [0, 0.1) is 0 Å². The van der Waals surface area contributed by atoms with Crippen LogP contribution < -0.4 is 0 Å². The van der Waals surface area contributed by atoms with E-state index in [-0.39, 0.29) is 19.2 Å². The lowest BCUT2D eigenvalue weighted by atomic mass is 10.2. The Morgan fingerprint density at radius 2 is 1.87 bits per heavy atom. The summed E-state index contributed by atoms with van der Waals surface area (Å²) < 4.78 is 9.29. The van der Waals surface area contributed by atoms with E-state index in [1.54, 1.807) is 0 Å². The van der Waals surface area contributed by atoms with Gasteiger partial charge in [-0.25, -0.2) is 0 Å². The van der Waals surface area contributed by atoms with Gasteiger partial charge in [0.05, 0.1) is 0 Å². The van der Waals surface area contributed by atoms with Gasteiger partial charge in [-0.2, -0.15) is 0 Å². The summed E-state index contributed by atoms with van der Waals surface area (Å²) in [6, 6.07) is 0. The number of hydrogen-bond donors (Lipinski definition) is 1. The van der Waals surface area contributed by atoms with E-state index in [2.05, 4.69) is 4.74 Å². The van der Waals surface area contributed by atoms with E-state index in [1.807, 2.05) is 6.92 Å². The quantitative estimate of drug-likeness (QED) is 0.635. The summed E-state index contributed by atoms with van der Waals surface area (Å²) in [4.78, 5) is 21.4. The Labute approximate surface area is 89.4 Å². The largest absolute Gasteiger partial charge is 0.463 e. The highest BCUT2D eigenvalue weighted by Gasteiger charge is 2.09. The summed E-state index contributed by atoms with van der Waals surface area (Å²) in [6.45, 7) is 2.95. The maximum atomic E-state index is 11.0. The van der Waals surface area contributed by atoms with Crippen LogP contribution in [0.25, 0.3) is 0 Å². The number of aliphatic hydroxyl groups is 1. The fraction of sp³-hybridized carbons (Fsp3) is 0.800. The molecule has 1 unspecified atom stereocenters. The van der Waals surface area contributed by atoms with E-state index in [4.69, 9.17) is 4.74 Å². The summed E-state index contributed by atoms with van der Waals surface area (Å²) in [5, 5.41) is 9.22. The molecular formula is C10H18O5. The van der Waals surface area contributed by atoms with Crippen molar-refractivity contribution in [2.45, 2.75) is 39.2 Å². The van der Waals surface area contributed by atoms with Gasteiger partial charge < -0.3 is 14.6 Å². The third-order valence-electron chi connectivity index (χ3n) is 1.65. The molecule has 0 aromatic rings. The molecule has 0 radical (unpaired) electrons. The highest BCUT2D eigenvalue weighted by molar-refractivity contribution is 5.69. The summed E-state index contributed by atoms with van der Waals surface area (Å²) in [5.74, 6) is -0.801. The molecule has 5 nitrogen and oxygen atoms in total. The number of hydrogen-bond acceptors (Lipinski definition) is 5. The Kier molecular flexibility index (Phi) is 7.62. The molecule has 0 amide bonds.